The van der Waals surface area contributed by atoms with Crippen molar-refractivity contribution < 1.29 is 4.74 Å². The van der Waals surface area contributed by atoms with E-state index in [1.807, 2.05) is 0 Å². The summed E-state index contributed by atoms with van der Waals surface area (Å²) >= 11 is 0. The molecule has 2 heteroatoms. The quantitative estimate of drug-likeness (QED) is 0.833. The van der Waals surface area contributed by atoms with Crippen LogP contribution in [0.3, 0.4) is 0 Å². The first-order valence-electron chi connectivity index (χ1n) is 7.32. The first kappa shape index (κ1) is 16.0. The van der Waals surface area contributed by atoms with Crippen LogP contribution in [0.25, 0.3) is 0 Å². The molecule has 0 aliphatic carbocycles. The second kappa shape index (κ2) is 6.95. The van der Waals surface area contributed by atoms with E-state index in [9.17, 15) is 0 Å². The summed E-state index contributed by atoms with van der Waals surface area (Å²) in [5.74, 6) is 1.61. The molecule has 2 atom stereocenters. The van der Waals surface area contributed by atoms with Gasteiger partial charge in [-0.25, -0.2) is 0 Å². The summed E-state index contributed by atoms with van der Waals surface area (Å²) in [6.45, 7) is 10.9. The van der Waals surface area contributed by atoms with E-state index in [-0.39, 0.29) is 6.04 Å². The lowest BCUT2D eigenvalue weighted by atomic mass is 9.83. The molecule has 19 heavy (non-hydrogen) atoms. The molecule has 0 radical (unpaired) electrons. The van der Waals surface area contributed by atoms with E-state index in [1.54, 1.807) is 7.11 Å². The molecule has 0 saturated carbocycles. The molecule has 0 aliphatic heterocycles. The van der Waals surface area contributed by atoms with Gasteiger partial charge in [-0.05, 0) is 81.2 Å². The van der Waals surface area contributed by atoms with Crippen LogP contribution in [0, 0.1) is 20.8 Å². The van der Waals surface area contributed by atoms with Crippen LogP contribution in [-0.2, 0) is 0 Å². The molecule has 1 rings (SSSR count). The van der Waals surface area contributed by atoms with Gasteiger partial charge in [-0.3, -0.25) is 0 Å². The standard InChI is InChI=1S/C17H29NO/c1-7-15(9-8-12(3)18)17-11(2)10-16(19-6)13(4)14(17)5/h10,12,15H,7-9,18H2,1-6H3. The van der Waals surface area contributed by atoms with Gasteiger partial charge in [0, 0.05) is 6.04 Å². The van der Waals surface area contributed by atoms with Gasteiger partial charge >= 0.3 is 0 Å². The zero-order valence-corrected chi connectivity index (χ0v) is 13.3. The Kier molecular flexibility index (Phi) is 5.86. The van der Waals surface area contributed by atoms with Crippen molar-refractivity contribution in [1.82, 2.24) is 0 Å². The first-order valence-corrected chi connectivity index (χ1v) is 7.32. The van der Waals surface area contributed by atoms with Crippen LogP contribution in [-0.4, -0.2) is 13.2 Å². The average Bonchev–Trinajstić information content (AvgIpc) is 2.37. The third kappa shape index (κ3) is 3.73. The summed E-state index contributed by atoms with van der Waals surface area (Å²) in [5, 5.41) is 0. The largest absolute Gasteiger partial charge is 0.496 e. The molecule has 0 heterocycles. The maximum absolute atomic E-state index is 5.91. The molecular formula is C17H29NO. The Morgan fingerprint density at radius 1 is 1.16 bits per heavy atom. The fourth-order valence-electron chi connectivity index (χ4n) is 2.92. The number of hydrogen-bond donors (Lipinski definition) is 1. The average molecular weight is 263 g/mol. The minimum atomic E-state index is 0.286. The highest BCUT2D eigenvalue weighted by Gasteiger charge is 2.18. The molecule has 1 aromatic carbocycles. The van der Waals surface area contributed by atoms with Gasteiger partial charge in [0.25, 0.3) is 0 Å². The van der Waals surface area contributed by atoms with Gasteiger partial charge in [0.05, 0.1) is 7.11 Å². The van der Waals surface area contributed by atoms with Crippen molar-refractivity contribution in [3.05, 3.63) is 28.3 Å². The first-order chi connectivity index (χ1) is 8.92. The summed E-state index contributed by atoms with van der Waals surface area (Å²) in [6, 6.07) is 2.46. The van der Waals surface area contributed by atoms with Crippen molar-refractivity contribution in [2.45, 2.75) is 65.8 Å². The van der Waals surface area contributed by atoms with E-state index in [4.69, 9.17) is 10.5 Å². The SMILES string of the molecule is CCC(CCC(C)N)c1c(C)cc(OC)c(C)c1C. The van der Waals surface area contributed by atoms with Gasteiger partial charge in [-0.1, -0.05) is 6.92 Å². The van der Waals surface area contributed by atoms with Crippen molar-refractivity contribution in [2.24, 2.45) is 5.73 Å². The van der Waals surface area contributed by atoms with E-state index < -0.39 is 0 Å². The van der Waals surface area contributed by atoms with Crippen molar-refractivity contribution in [2.75, 3.05) is 7.11 Å². The number of methoxy groups -OCH3 is 1. The van der Waals surface area contributed by atoms with Crippen LogP contribution in [0.15, 0.2) is 6.07 Å². The van der Waals surface area contributed by atoms with Crippen molar-refractivity contribution in [1.29, 1.82) is 0 Å². The molecule has 0 bridgehead atoms. The normalized spacial score (nSPS) is 14.3. The smallest absolute Gasteiger partial charge is 0.122 e. The highest BCUT2D eigenvalue weighted by Crippen LogP contribution is 2.35. The van der Waals surface area contributed by atoms with Crippen LogP contribution in [0.5, 0.6) is 5.75 Å². The van der Waals surface area contributed by atoms with E-state index in [2.05, 4.69) is 40.7 Å². The summed E-state index contributed by atoms with van der Waals surface area (Å²) < 4.78 is 5.45. The number of hydrogen-bond acceptors (Lipinski definition) is 2. The number of nitrogens with two attached hydrogens (primary N) is 1. The molecule has 1 aromatic rings. The predicted octanol–water partition coefficient (Wildman–Crippen LogP) is 4.24. The van der Waals surface area contributed by atoms with Gasteiger partial charge in [0.2, 0.25) is 0 Å². The zero-order chi connectivity index (χ0) is 14.6. The van der Waals surface area contributed by atoms with Crippen LogP contribution >= 0.6 is 0 Å². The molecule has 0 spiro atoms. The second-order valence-corrected chi connectivity index (χ2v) is 5.72. The Balaban J connectivity index is 3.13. The van der Waals surface area contributed by atoms with Crippen molar-refractivity contribution in [3.63, 3.8) is 0 Å². The Morgan fingerprint density at radius 2 is 1.79 bits per heavy atom. The molecule has 2 nitrogen and oxygen atoms in total. The Hall–Kier alpha value is -1.02. The molecule has 0 aromatic heterocycles. The topological polar surface area (TPSA) is 35.2 Å². The highest BCUT2D eigenvalue weighted by atomic mass is 16.5. The molecule has 108 valence electrons. The monoisotopic (exact) mass is 263 g/mol. The summed E-state index contributed by atoms with van der Waals surface area (Å²) in [5.41, 5.74) is 11.4. The van der Waals surface area contributed by atoms with Crippen molar-refractivity contribution >= 4 is 0 Å². The lowest BCUT2D eigenvalue weighted by molar-refractivity contribution is 0.410. The van der Waals surface area contributed by atoms with Gasteiger partial charge in [0.15, 0.2) is 0 Å². The number of aryl methyl sites for hydroxylation is 1. The van der Waals surface area contributed by atoms with E-state index >= 15 is 0 Å². The van der Waals surface area contributed by atoms with E-state index in [0.29, 0.717) is 5.92 Å². The minimum absolute atomic E-state index is 0.286. The fraction of sp³-hybridized carbons (Fsp3) is 0.647. The molecule has 2 N–H and O–H groups in total. The van der Waals surface area contributed by atoms with Crippen LogP contribution < -0.4 is 10.5 Å². The number of benzene rings is 1. The summed E-state index contributed by atoms with van der Waals surface area (Å²) in [4.78, 5) is 0. The molecule has 0 amide bonds. The van der Waals surface area contributed by atoms with Crippen LogP contribution in [0.4, 0.5) is 0 Å². The maximum atomic E-state index is 5.91. The van der Waals surface area contributed by atoms with Gasteiger partial charge < -0.3 is 10.5 Å². The molecule has 0 aliphatic rings. The van der Waals surface area contributed by atoms with Gasteiger partial charge in [-0.2, -0.15) is 0 Å². The Labute approximate surface area is 118 Å². The summed E-state index contributed by atoms with van der Waals surface area (Å²) in [7, 11) is 1.74. The molecular weight excluding hydrogens is 234 g/mol. The summed E-state index contributed by atoms with van der Waals surface area (Å²) in [6.07, 6.45) is 3.42. The number of rotatable bonds is 6. The second-order valence-electron chi connectivity index (χ2n) is 5.72. The Bertz CT molecular complexity index is 424. The third-order valence-electron chi connectivity index (χ3n) is 4.20. The lowest BCUT2D eigenvalue weighted by Gasteiger charge is -2.23. The van der Waals surface area contributed by atoms with Gasteiger partial charge in [0.1, 0.15) is 5.75 Å². The van der Waals surface area contributed by atoms with E-state index in [0.717, 1.165) is 12.2 Å². The Morgan fingerprint density at radius 3 is 2.26 bits per heavy atom. The van der Waals surface area contributed by atoms with E-state index in [1.165, 1.54) is 35.1 Å². The molecule has 2 unspecified atom stereocenters. The fourth-order valence-corrected chi connectivity index (χ4v) is 2.92. The lowest BCUT2D eigenvalue weighted by Crippen LogP contribution is -2.16. The molecule has 0 saturated heterocycles. The predicted molar refractivity (Wildman–Crippen MR) is 83.1 cm³/mol. The molecule has 0 fully saturated rings. The van der Waals surface area contributed by atoms with Crippen LogP contribution in [0.1, 0.15) is 61.3 Å². The minimum Gasteiger partial charge on any atom is -0.496 e. The van der Waals surface area contributed by atoms with Crippen LogP contribution in [0.2, 0.25) is 0 Å². The maximum Gasteiger partial charge on any atom is 0.122 e. The zero-order valence-electron chi connectivity index (χ0n) is 13.3. The van der Waals surface area contributed by atoms with Gasteiger partial charge in [-0.15, -0.1) is 0 Å². The highest BCUT2D eigenvalue weighted by molar-refractivity contribution is 5.49. The third-order valence-corrected chi connectivity index (χ3v) is 4.20. The number of ether oxygens (including phenoxy) is 1. The van der Waals surface area contributed by atoms with Crippen molar-refractivity contribution in [3.8, 4) is 5.75 Å².